The van der Waals surface area contributed by atoms with Crippen LogP contribution in [-0.2, 0) is 4.79 Å². The first kappa shape index (κ1) is 19.4. The van der Waals surface area contributed by atoms with Crippen molar-refractivity contribution in [3.8, 4) is 28.8 Å². The minimum atomic E-state index is -0.323. The Morgan fingerprint density at radius 3 is 2.68 bits per heavy atom. The lowest BCUT2D eigenvalue weighted by Gasteiger charge is -2.11. The van der Waals surface area contributed by atoms with Crippen LogP contribution in [-0.4, -0.2) is 24.1 Å². The molecule has 0 radical (unpaired) electrons. The number of hydrogen-bond donors (Lipinski definition) is 1. The lowest BCUT2D eigenvalue weighted by molar-refractivity contribution is -0.118. The van der Waals surface area contributed by atoms with Crippen LogP contribution < -0.4 is 14.8 Å². The highest BCUT2D eigenvalue weighted by atomic mass is 32.1. The number of carbonyl (C=O) groups excluding carboxylic acids is 1. The maximum atomic E-state index is 12.2. The van der Waals surface area contributed by atoms with Gasteiger partial charge in [-0.05, 0) is 26.0 Å². The van der Waals surface area contributed by atoms with Crippen LogP contribution in [0, 0.1) is 18.3 Å². The van der Waals surface area contributed by atoms with Crippen LogP contribution in [0.25, 0.3) is 11.3 Å². The van der Waals surface area contributed by atoms with Crippen LogP contribution >= 0.6 is 11.3 Å². The zero-order valence-corrected chi connectivity index (χ0v) is 16.4. The number of carbonyl (C=O) groups is 1. The first-order valence-electron chi connectivity index (χ1n) is 8.71. The first-order chi connectivity index (χ1) is 13.6. The minimum Gasteiger partial charge on any atom is -0.490 e. The van der Waals surface area contributed by atoms with Crippen LogP contribution in [0.15, 0.2) is 47.8 Å². The van der Waals surface area contributed by atoms with E-state index in [-0.39, 0.29) is 12.5 Å². The summed E-state index contributed by atoms with van der Waals surface area (Å²) in [5.74, 6) is 0.525. The maximum absolute atomic E-state index is 12.2. The van der Waals surface area contributed by atoms with E-state index in [2.05, 4.69) is 10.3 Å². The number of rotatable bonds is 7. The quantitative estimate of drug-likeness (QED) is 0.643. The summed E-state index contributed by atoms with van der Waals surface area (Å²) in [6, 6.07) is 14.9. The fraction of sp³-hybridized carbons (Fsp3) is 0.190. The van der Waals surface area contributed by atoms with Gasteiger partial charge in [0.2, 0.25) is 0 Å². The van der Waals surface area contributed by atoms with Crippen molar-refractivity contribution in [1.82, 2.24) is 4.98 Å². The van der Waals surface area contributed by atoms with E-state index in [9.17, 15) is 4.79 Å². The molecule has 0 atom stereocenters. The van der Waals surface area contributed by atoms with Crippen molar-refractivity contribution in [2.75, 3.05) is 18.5 Å². The molecule has 3 aromatic rings. The number of thiazole rings is 1. The molecule has 1 heterocycles. The molecule has 142 valence electrons. The topological polar surface area (TPSA) is 84.2 Å². The molecule has 0 spiro atoms. The van der Waals surface area contributed by atoms with Gasteiger partial charge in [0.05, 0.1) is 23.9 Å². The molecule has 2 aromatic carbocycles. The van der Waals surface area contributed by atoms with Gasteiger partial charge in [-0.2, -0.15) is 5.26 Å². The summed E-state index contributed by atoms with van der Waals surface area (Å²) in [6.07, 6.45) is 0. The number of benzene rings is 2. The Morgan fingerprint density at radius 2 is 1.96 bits per heavy atom. The number of nitrogens with one attached hydrogen (secondary N) is 1. The van der Waals surface area contributed by atoms with Crippen LogP contribution in [0.4, 0.5) is 5.13 Å². The summed E-state index contributed by atoms with van der Waals surface area (Å²) in [5, 5.41) is 14.1. The molecule has 3 rings (SSSR count). The fourth-order valence-electron chi connectivity index (χ4n) is 2.45. The Balaban J connectivity index is 1.61. The third-order valence-electron chi connectivity index (χ3n) is 3.83. The van der Waals surface area contributed by atoms with Gasteiger partial charge in [0, 0.05) is 17.0 Å². The van der Waals surface area contributed by atoms with E-state index in [4.69, 9.17) is 14.7 Å². The summed E-state index contributed by atoms with van der Waals surface area (Å²) in [6.45, 7) is 4.11. The van der Waals surface area contributed by atoms with Gasteiger partial charge in [0.1, 0.15) is 0 Å². The number of nitrogens with zero attached hydrogens (tertiary/aromatic N) is 2. The highest BCUT2D eigenvalue weighted by molar-refractivity contribution is 7.14. The molecule has 0 fully saturated rings. The smallest absolute Gasteiger partial charge is 0.264 e. The van der Waals surface area contributed by atoms with Crippen molar-refractivity contribution in [2.24, 2.45) is 0 Å². The van der Waals surface area contributed by atoms with E-state index in [1.54, 1.807) is 18.2 Å². The second kappa shape index (κ2) is 9.02. The van der Waals surface area contributed by atoms with Crippen molar-refractivity contribution >= 4 is 22.4 Å². The molecule has 28 heavy (non-hydrogen) atoms. The Labute approximate surface area is 167 Å². The molecule has 1 aromatic heterocycles. The highest BCUT2D eigenvalue weighted by Crippen LogP contribution is 2.29. The monoisotopic (exact) mass is 393 g/mol. The van der Waals surface area contributed by atoms with E-state index in [0.29, 0.717) is 28.8 Å². The Hall–Kier alpha value is -3.37. The molecule has 0 saturated heterocycles. The van der Waals surface area contributed by atoms with Crippen molar-refractivity contribution in [2.45, 2.75) is 13.8 Å². The Kier molecular flexibility index (Phi) is 6.25. The highest BCUT2D eigenvalue weighted by Gasteiger charge is 2.11. The predicted molar refractivity (Wildman–Crippen MR) is 109 cm³/mol. The van der Waals surface area contributed by atoms with Crippen molar-refractivity contribution in [1.29, 1.82) is 5.26 Å². The van der Waals surface area contributed by atoms with Gasteiger partial charge >= 0.3 is 0 Å². The number of amides is 1. The molecular formula is C21H19N3O3S. The average Bonchev–Trinajstić information content (AvgIpc) is 3.16. The van der Waals surface area contributed by atoms with Crippen LogP contribution in [0.1, 0.15) is 18.1 Å². The van der Waals surface area contributed by atoms with Gasteiger partial charge in [0.25, 0.3) is 5.91 Å². The molecule has 0 aliphatic heterocycles. The van der Waals surface area contributed by atoms with Gasteiger partial charge in [-0.1, -0.05) is 29.8 Å². The molecule has 0 saturated carbocycles. The van der Waals surface area contributed by atoms with E-state index >= 15 is 0 Å². The zero-order chi connectivity index (χ0) is 19.9. The van der Waals surface area contributed by atoms with Gasteiger partial charge in [-0.25, -0.2) is 4.98 Å². The zero-order valence-electron chi connectivity index (χ0n) is 15.6. The van der Waals surface area contributed by atoms with E-state index in [1.165, 1.54) is 16.9 Å². The molecule has 0 unspecified atom stereocenters. The Morgan fingerprint density at radius 1 is 1.18 bits per heavy atom. The molecule has 6 nitrogen and oxygen atoms in total. The lowest BCUT2D eigenvalue weighted by Crippen LogP contribution is -2.20. The standard InChI is InChI=1S/C21H19N3O3S/c1-3-26-19-10-15(11-22)6-9-18(19)27-12-20(25)24-21-23-17(13-28-21)16-7-4-14(2)5-8-16/h4-10,13H,3,12H2,1-2H3,(H,23,24,25). The number of hydrogen-bond acceptors (Lipinski definition) is 6. The number of anilines is 1. The van der Waals surface area contributed by atoms with Crippen LogP contribution in [0.3, 0.4) is 0 Å². The molecule has 7 heteroatoms. The average molecular weight is 393 g/mol. The number of aromatic nitrogens is 1. The largest absolute Gasteiger partial charge is 0.490 e. The van der Waals surface area contributed by atoms with Crippen molar-refractivity contribution in [3.05, 3.63) is 59.0 Å². The van der Waals surface area contributed by atoms with Gasteiger partial charge in [0.15, 0.2) is 23.2 Å². The summed E-state index contributed by atoms with van der Waals surface area (Å²) in [5.41, 5.74) is 3.45. The SMILES string of the molecule is CCOc1cc(C#N)ccc1OCC(=O)Nc1nc(-c2ccc(C)cc2)cs1. The van der Waals surface area contributed by atoms with E-state index in [1.807, 2.05) is 49.6 Å². The predicted octanol–water partition coefficient (Wildman–Crippen LogP) is 4.41. The number of nitriles is 1. The van der Waals surface area contributed by atoms with Crippen molar-refractivity contribution < 1.29 is 14.3 Å². The minimum absolute atomic E-state index is 0.189. The number of aryl methyl sites for hydroxylation is 1. The van der Waals surface area contributed by atoms with E-state index in [0.717, 1.165) is 11.3 Å². The number of ether oxygens (including phenoxy) is 2. The molecule has 0 aliphatic rings. The first-order valence-corrected chi connectivity index (χ1v) is 9.59. The third kappa shape index (κ3) is 4.87. The van der Waals surface area contributed by atoms with Gasteiger partial charge < -0.3 is 9.47 Å². The second-order valence-corrected chi connectivity index (χ2v) is 6.81. The van der Waals surface area contributed by atoms with Gasteiger partial charge in [-0.15, -0.1) is 11.3 Å². The molecule has 0 aliphatic carbocycles. The lowest BCUT2D eigenvalue weighted by atomic mass is 10.1. The second-order valence-electron chi connectivity index (χ2n) is 5.95. The summed E-state index contributed by atoms with van der Waals surface area (Å²) >= 11 is 1.36. The third-order valence-corrected chi connectivity index (χ3v) is 4.59. The summed E-state index contributed by atoms with van der Waals surface area (Å²) < 4.78 is 11.0. The normalized spacial score (nSPS) is 10.2. The summed E-state index contributed by atoms with van der Waals surface area (Å²) in [7, 11) is 0. The van der Waals surface area contributed by atoms with E-state index < -0.39 is 0 Å². The summed E-state index contributed by atoms with van der Waals surface area (Å²) in [4.78, 5) is 16.7. The maximum Gasteiger partial charge on any atom is 0.264 e. The molecule has 0 bridgehead atoms. The molecule has 1 N–H and O–H groups in total. The fourth-order valence-corrected chi connectivity index (χ4v) is 3.19. The molecule has 1 amide bonds. The van der Waals surface area contributed by atoms with Gasteiger partial charge in [-0.3, -0.25) is 10.1 Å². The van der Waals surface area contributed by atoms with Crippen LogP contribution in [0.2, 0.25) is 0 Å². The molecular weight excluding hydrogens is 374 g/mol. The van der Waals surface area contributed by atoms with Crippen LogP contribution in [0.5, 0.6) is 11.5 Å². The Bertz CT molecular complexity index is 1010. The van der Waals surface area contributed by atoms with Crippen molar-refractivity contribution in [3.63, 3.8) is 0 Å².